The average Bonchev–Trinajstić information content (AvgIpc) is 2.15. The van der Waals surface area contributed by atoms with E-state index in [9.17, 15) is 4.79 Å². The smallest absolute Gasteiger partial charge is 0.317 e. The number of hydrogen-bond acceptors (Lipinski definition) is 2. The zero-order valence-electron chi connectivity index (χ0n) is 9.18. The Labute approximate surface area is 106 Å². The Kier molecular flexibility index (Phi) is 6.41. The van der Waals surface area contributed by atoms with Crippen LogP contribution in [0.4, 0.5) is 0 Å². The van der Waals surface area contributed by atoms with E-state index in [0.29, 0.717) is 5.02 Å². The van der Waals surface area contributed by atoms with Gasteiger partial charge in [-0.2, -0.15) is 0 Å². The first-order valence-corrected chi connectivity index (χ1v) is 5.06. The van der Waals surface area contributed by atoms with Crippen molar-refractivity contribution in [3.63, 3.8) is 0 Å². The molecule has 0 saturated carbocycles. The van der Waals surface area contributed by atoms with Crippen LogP contribution in [0.3, 0.4) is 0 Å². The van der Waals surface area contributed by atoms with Crippen LogP contribution < -0.4 is 0 Å². The van der Waals surface area contributed by atoms with Gasteiger partial charge in [0, 0.05) is 11.1 Å². The Morgan fingerprint density at radius 3 is 2.69 bits per heavy atom. The number of likely N-dealkylation sites (N-methyl/N-ethyl adjacent to an activating group) is 1. The predicted octanol–water partition coefficient (Wildman–Crippen LogP) is 2.84. The molecule has 1 N–H and O–H groups in total. The summed E-state index contributed by atoms with van der Waals surface area (Å²) >= 11 is 5.86. The van der Waals surface area contributed by atoms with Crippen molar-refractivity contribution < 1.29 is 9.90 Å². The number of hydrogen-bond donors (Lipinski definition) is 1. The average molecular weight is 264 g/mol. The van der Waals surface area contributed by atoms with Gasteiger partial charge in [0.15, 0.2) is 0 Å². The van der Waals surface area contributed by atoms with Crippen LogP contribution in [0.1, 0.15) is 18.5 Å². The third-order valence-electron chi connectivity index (χ3n) is 2.38. The highest BCUT2D eigenvalue weighted by Gasteiger charge is 2.14. The molecule has 5 heteroatoms. The number of carboxylic acid groups (broad SMARTS) is 1. The number of rotatable bonds is 4. The van der Waals surface area contributed by atoms with Gasteiger partial charge >= 0.3 is 5.97 Å². The van der Waals surface area contributed by atoms with Gasteiger partial charge in [-0.25, -0.2) is 0 Å². The fourth-order valence-corrected chi connectivity index (χ4v) is 1.57. The van der Waals surface area contributed by atoms with Crippen LogP contribution in [0.5, 0.6) is 0 Å². The van der Waals surface area contributed by atoms with Gasteiger partial charge in [-0.3, -0.25) is 9.69 Å². The van der Waals surface area contributed by atoms with Gasteiger partial charge in [-0.15, -0.1) is 12.4 Å². The van der Waals surface area contributed by atoms with Crippen molar-refractivity contribution in [2.45, 2.75) is 13.0 Å². The lowest BCUT2D eigenvalue weighted by atomic mass is 10.1. The standard InChI is InChI=1S/C11H14ClNO2.ClH/c1-8(13(2)7-11(14)15)9-4-3-5-10(12)6-9;/h3-6,8H,7H2,1-2H3,(H,14,15);1H. The third kappa shape index (κ3) is 4.39. The van der Waals surface area contributed by atoms with Gasteiger partial charge in [0.2, 0.25) is 0 Å². The molecule has 0 aromatic heterocycles. The number of nitrogens with zero attached hydrogens (tertiary/aromatic N) is 1. The molecule has 0 aliphatic carbocycles. The van der Waals surface area contributed by atoms with E-state index in [4.69, 9.17) is 16.7 Å². The lowest BCUT2D eigenvalue weighted by molar-refractivity contribution is -0.138. The molecular formula is C11H15Cl2NO2. The molecule has 0 fully saturated rings. The Bertz CT molecular complexity index is 358. The Morgan fingerprint density at radius 2 is 2.19 bits per heavy atom. The van der Waals surface area contributed by atoms with Crippen molar-refractivity contribution in [1.29, 1.82) is 0 Å². The Balaban J connectivity index is 0.00000225. The first kappa shape index (κ1) is 15.2. The molecule has 0 amide bonds. The van der Waals surface area contributed by atoms with Crippen LogP contribution in [0.25, 0.3) is 0 Å². The second-order valence-corrected chi connectivity index (χ2v) is 3.98. The van der Waals surface area contributed by atoms with Gasteiger partial charge in [-0.05, 0) is 31.7 Å². The highest BCUT2D eigenvalue weighted by atomic mass is 35.5. The maximum atomic E-state index is 10.5. The van der Waals surface area contributed by atoms with Crippen molar-refractivity contribution >= 4 is 30.0 Å². The molecular weight excluding hydrogens is 249 g/mol. The van der Waals surface area contributed by atoms with Crippen LogP contribution in [-0.4, -0.2) is 29.6 Å². The van der Waals surface area contributed by atoms with E-state index in [0.717, 1.165) is 5.56 Å². The summed E-state index contributed by atoms with van der Waals surface area (Å²) in [6.07, 6.45) is 0. The first-order valence-electron chi connectivity index (χ1n) is 4.68. The van der Waals surface area contributed by atoms with Crippen LogP contribution in [0.15, 0.2) is 24.3 Å². The fraction of sp³-hybridized carbons (Fsp3) is 0.364. The van der Waals surface area contributed by atoms with Crippen molar-refractivity contribution in [2.75, 3.05) is 13.6 Å². The topological polar surface area (TPSA) is 40.5 Å². The number of halogens is 2. The summed E-state index contributed by atoms with van der Waals surface area (Å²) in [5.74, 6) is -0.827. The molecule has 0 bridgehead atoms. The molecule has 0 aliphatic heterocycles. The molecule has 1 unspecified atom stereocenters. The van der Waals surface area contributed by atoms with E-state index in [2.05, 4.69) is 0 Å². The molecule has 3 nitrogen and oxygen atoms in total. The third-order valence-corrected chi connectivity index (χ3v) is 2.61. The highest BCUT2D eigenvalue weighted by molar-refractivity contribution is 6.30. The number of aliphatic carboxylic acids is 1. The molecule has 0 aliphatic rings. The number of carbonyl (C=O) groups is 1. The van der Waals surface area contributed by atoms with Gasteiger partial charge in [0.25, 0.3) is 0 Å². The maximum Gasteiger partial charge on any atom is 0.317 e. The maximum absolute atomic E-state index is 10.5. The molecule has 0 saturated heterocycles. The lowest BCUT2D eigenvalue weighted by Gasteiger charge is -2.23. The predicted molar refractivity (Wildman–Crippen MR) is 67.4 cm³/mol. The summed E-state index contributed by atoms with van der Waals surface area (Å²) < 4.78 is 0. The fourth-order valence-electron chi connectivity index (χ4n) is 1.37. The highest BCUT2D eigenvalue weighted by Crippen LogP contribution is 2.21. The summed E-state index contributed by atoms with van der Waals surface area (Å²) in [7, 11) is 1.78. The molecule has 0 radical (unpaired) electrons. The van der Waals surface area contributed by atoms with Gasteiger partial charge < -0.3 is 5.11 Å². The number of carboxylic acids is 1. The molecule has 1 rings (SSSR count). The van der Waals surface area contributed by atoms with Gasteiger partial charge in [0.05, 0.1) is 6.54 Å². The zero-order valence-corrected chi connectivity index (χ0v) is 10.8. The molecule has 0 heterocycles. The number of benzene rings is 1. The van der Waals surface area contributed by atoms with E-state index in [1.54, 1.807) is 18.0 Å². The second kappa shape index (κ2) is 6.74. The van der Waals surface area contributed by atoms with Crippen LogP contribution in [-0.2, 0) is 4.79 Å². The minimum absolute atomic E-state index is 0. The van der Waals surface area contributed by atoms with E-state index >= 15 is 0 Å². The van der Waals surface area contributed by atoms with Crippen LogP contribution >= 0.6 is 24.0 Å². The molecule has 0 spiro atoms. The normalized spacial score (nSPS) is 12.0. The largest absolute Gasteiger partial charge is 0.480 e. The minimum atomic E-state index is -0.827. The molecule has 90 valence electrons. The van der Waals surface area contributed by atoms with Crippen LogP contribution in [0.2, 0.25) is 5.02 Å². The minimum Gasteiger partial charge on any atom is -0.480 e. The van der Waals surface area contributed by atoms with Crippen molar-refractivity contribution in [2.24, 2.45) is 0 Å². The summed E-state index contributed by atoms with van der Waals surface area (Å²) in [6.45, 7) is 1.97. The first-order chi connectivity index (χ1) is 7.00. The second-order valence-electron chi connectivity index (χ2n) is 3.54. The van der Waals surface area contributed by atoms with Crippen molar-refractivity contribution in [3.8, 4) is 0 Å². The SMILES string of the molecule is CC(c1cccc(Cl)c1)N(C)CC(=O)O.Cl. The summed E-state index contributed by atoms with van der Waals surface area (Å²) in [6, 6.07) is 7.50. The molecule has 16 heavy (non-hydrogen) atoms. The van der Waals surface area contributed by atoms with Crippen LogP contribution in [0, 0.1) is 0 Å². The van der Waals surface area contributed by atoms with E-state index < -0.39 is 5.97 Å². The Morgan fingerprint density at radius 1 is 1.56 bits per heavy atom. The molecule has 1 aromatic carbocycles. The van der Waals surface area contributed by atoms with E-state index in [1.165, 1.54) is 0 Å². The summed E-state index contributed by atoms with van der Waals surface area (Å²) in [5, 5.41) is 9.34. The zero-order chi connectivity index (χ0) is 11.4. The van der Waals surface area contributed by atoms with Gasteiger partial charge in [-0.1, -0.05) is 23.7 Å². The monoisotopic (exact) mass is 263 g/mol. The van der Waals surface area contributed by atoms with Gasteiger partial charge in [0.1, 0.15) is 0 Å². The molecule has 1 aromatic rings. The Hall–Kier alpha value is -0.770. The molecule has 1 atom stereocenters. The summed E-state index contributed by atoms with van der Waals surface area (Å²) in [4.78, 5) is 12.3. The van der Waals surface area contributed by atoms with E-state index in [1.807, 2.05) is 25.1 Å². The van der Waals surface area contributed by atoms with Crippen molar-refractivity contribution in [1.82, 2.24) is 4.90 Å². The quantitative estimate of drug-likeness (QED) is 0.909. The van der Waals surface area contributed by atoms with Crippen molar-refractivity contribution in [3.05, 3.63) is 34.9 Å². The lowest BCUT2D eigenvalue weighted by Crippen LogP contribution is -2.28. The van der Waals surface area contributed by atoms with E-state index in [-0.39, 0.29) is 25.0 Å². The summed E-state index contributed by atoms with van der Waals surface area (Å²) in [5.41, 5.74) is 1.02.